The zero-order valence-corrected chi connectivity index (χ0v) is 13.4. The molecular weight excluding hydrogens is 278 g/mol. The van der Waals surface area contributed by atoms with Crippen LogP contribution in [0.5, 0.6) is 0 Å². The number of nitrogens with zero attached hydrogens (tertiary/aromatic N) is 3. The first-order valence-corrected chi connectivity index (χ1v) is 8.61. The maximum Gasteiger partial charge on any atom is 0.243 e. The lowest BCUT2D eigenvalue weighted by atomic mass is 9.83. The summed E-state index contributed by atoms with van der Waals surface area (Å²) in [4.78, 5) is 28.7. The van der Waals surface area contributed by atoms with Crippen LogP contribution in [0.15, 0.2) is 0 Å². The van der Waals surface area contributed by atoms with Gasteiger partial charge >= 0.3 is 0 Å². The van der Waals surface area contributed by atoms with E-state index >= 15 is 0 Å². The van der Waals surface area contributed by atoms with Crippen molar-refractivity contribution in [2.75, 3.05) is 19.6 Å². The minimum atomic E-state index is -0.709. The number of piperidine rings is 2. The predicted molar refractivity (Wildman–Crippen MR) is 81.6 cm³/mol. The van der Waals surface area contributed by atoms with E-state index in [4.69, 9.17) is 0 Å². The molecule has 120 valence electrons. The highest BCUT2D eigenvalue weighted by Crippen LogP contribution is 2.47. The van der Waals surface area contributed by atoms with Crippen LogP contribution in [-0.4, -0.2) is 47.3 Å². The number of hydrogen-bond acceptors (Lipinski definition) is 3. The molecule has 5 heteroatoms. The SMILES string of the molecule is CCCCN1C(=O)CC[C@H]2CN(C(=O)C3(C#N)CC3)CC[C@H]21. The number of carbonyl (C=O) groups is 2. The van der Waals surface area contributed by atoms with Crippen molar-refractivity contribution in [1.29, 1.82) is 5.26 Å². The van der Waals surface area contributed by atoms with E-state index in [9.17, 15) is 14.9 Å². The number of unbranched alkanes of at least 4 members (excludes halogenated alkanes) is 1. The Morgan fingerprint density at radius 1 is 1.41 bits per heavy atom. The van der Waals surface area contributed by atoms with Gasteiger partial charge in [0.15, 0.2) is 0 Å². The third kappa shape index (κ3) is 2.60. The van der Waals surface area contributed by atoms with Gasteiger partial charge in [-0.25, -0.2) is 0 Å². The summed E-state index contributed by atoms with van der Waals surface area (Å²) in [6, 6.07) is 2.51. The standard InChI is InChI=1S/C17H25N3O2/c1-2-3-9-20-14-6-10-19(11-13(14)4-5-15(20)21)16(22)17(12-18)7-8-17/h13-14H,2-11H2,1H3/t13-,14+/m0/s1. The summed E-state index contributed by atoms with van der Waals surface area (Å²) < 4.78 is 0. The van der Waals surface area contributed by atoms with E-state index in [1.54, 1.807) is 0 Å². The van der Waals surface area contributed by atoms with Gasteiger partial charge < -0.3 is 9.80 Å². The lowest BCUT2D eigenvalue weighted by Crippen LogP contribution is -2.57. The van der Waals surface area contributed by atoms with Crippen LogP contribution in [0.4, 0.5) is 0 Å². The van der Waals surface area contributed by atoms with E-state index in [0.717, 1.165) is 38.8 Å². The molecule has 2 heterocycles. The van der Waals surface area contributed by atoms with E-state index in [0.29, 0.717) is 37.8 Å². The molecule has 2 amide bonds. The fourth-order valence-electron chi connectivity index (χ4n) is 3.96. The topological polar surface area (TPSA) is 64.4 Å². The van der Waals surface area contributed by atoms with Gasteiger partial charge in [-0.2, -0.15) is 5.26 Å². The van der Waals surface area contributed by atoms with Gasteiger partial charge in [0.1, 0.15) is 5.41 Å². The second-order valence-corrected chi connectivity index (χ2v) is 7.04. The number of carbonyl (C=O) groups excluding carboxylic acids is 2. The van der Waals surface area contributed by atoms with Crippen LogP contribution in [0.2, 0.25) is 0 Å². The van der Waals surface area contributed by atoms with E-state index in [1.807, 2.05) is 4.90 Å². The van der Waals surface area contributed by atoms with Gasteiger partial charge in [0.05, 0.1) is 6.07 Å². The zero-order chi connectivity index (χ0) is 15.7. The Morgan fingerprint density at radius 3 is 2.82 bits per heavy atom. The van der Waals surface area contributed by atoms with Gasteiger partial charge in [0, 0.05) is 32.1 Å². The van der Waals surface area contributed by atoms with E-state index in [2.05, 4.69) is 17.9 Å². The fourth-order valence-corrected chi connectivity index (χ4v) is 3.96. The summed E-state index contributed by atoms with van der Waals surface area (Å²) in [7, 11) is 0. The molecule has 1 saturated carbocycles. The van der Waals surface area contributed by atoms with Gasteiger partial charge in [-0.15, -0.1) is 0 Å². The molecule has 3 aliphatic rings. The predicted octanol–water partition coefficient (Wildman–Crippen LogP) is 1.93. The quantitative estimate of drug-likeness (QED) is 0.797. The zero-order valence-electron chi connectivity index (χ0n) is 13.4. The maximum absolute atomic E-state index is 12.5. The minimum Gasteiger partial charge on any atom is -0.341 e. The smallest absolute Gasteiger partial charge is 0.243 e. The summed E-state index contributed by atoms with van der Waals surface area (Å²) in [5.74, 6) is 0.706. The second-order valence-electron chi connectivity index (χ2n) is 7.04. The van der Waals surface area contributed by atoms with Crippen molar-refractivity contribution in [2.24, 2.45) is 11.3 Å². The molecule has 2 saturated heterocycles. The molecule has 22 heavy (non-hydrogen) atoms. The molecule has 0 spiro atoms. The van der Waals surface area contributed by atoms with Crippen LogP contribution in [0.1, 0.15) is 51.9 Å². The number of fused-ring (bicyclic) bond motifs is 1. The normalized spacial score (nSPS) is 29.7. The first kappa shape index (κ1) is 15.3. The van der Waals surface area contributed by atoms with Crippen molar-refractivity contribution >= 4 is 11.8 Å². The molecular formula is C17H25N3O2. The summed E-state index contributed by atoms with van der Waals surface area (Å²) in [5, 5.41) is 9.21. The Kier molecular flexibility index (Phi) is 4.12. The molecule has 0 radical (unpaired) electrons. The lowest BCUT2D eigenvalue weighted by Gasteiger charge is -2.47. The van der Waals surface area contributed by atoms with Crippen LogP contribution in [-0.2, 0) is 9.59 Å². The van der Waals surface area contributed by atoms with Gasteiger partial charge in [-0.3, -0.25) is 9.59 Å². The summed E-state index contributed by atoms with van der Waals surface area (Å²) in [6.07, 6.45) is 5.94. The average molecular weight is 303 g/mol. The third-order valence-corrected chi connectivity index (χ3v) is 5.56. The number of amides is 2. The van der Waals surface area contributed by atoms with E-state index < -0.39 is 5.41 Å². The molecule has 0 bridgehead atoms. The van der Waals surface area contributed by atoms with Gasteiger partial charge in [0.2, 0.25) is 11.8 Å². The largest absolute Gasteiger partial charge is 0.341 e. The Balaban J connectivity index is 1.65. The first-order valence-electron chi connectivity index (χ1n) is 8.61. The van der Waals surface area contributed by atoms with Crippen LogP contribution in [0, 0.1) is 22.7 Å². The molecule has 1 aliphatic carbocycles. The molecule has 0 N–H and O–H groups in total. The van der Waals surface area contributed by atoms with Gasteiger partial charge in [-0.1, -0.05) is 13.3 Å². The second kappa shape index (κ2) is 5.91. The summed E-state index contributed by atoms with van der Waals surface area (Å²) in [6.45, 7) is 4.42. The molecule has 0 aromatic carbocycles. The van der Waals surface area contributed by atoms with Crippen molar-refractivity contribution in [3.05, 3.63) is 0 Å². The summed E-state index contributed by atoms with van der Waals surface area (Å²) in [5.41, 5.74) is -0.709. The Morgan fingerprint density at radius 2 is 2.18 bits per heavy atom. The lowest BCUT2D eigenvalue weighted by molar-refractivity contribution is -0.145. The Labute approximate surface area is 132 Å². The van der Waals surface area contributed by atoms with E-state index in [-0.39, 0.29) is 11.8 Å². The highest BCUT2D eigenvalue weighted by atomic mass is 16.2. The Hall–Kier alpha value is -1.57. The molecule has 2 aliphatic heterocycles. The van der Waals surface area contributed by atoms with Crippen LogP contribution < -0.4 is 0 Å². The molecule has 0 aromatic rings. The molecule has 5 nitrogen and oxygen atoms in total. The number of hydrogen-bond donors (Lipinski definition) is 0. The Bertz CT molecular complexity index is 507. The van der Waals surface area contributed by atoms with Crippen molar-refractivity contribution in [1.82, 2.24) is 9.80 Å². The van der Waals surface area contributed by atoms with Crippen LogP contribution in [0.25, 0.3) is 0 Å². The fraction of sp³-hybridized carbons (Fsp3) is 0.824. The third-order valence-electron chi connectivity index (χ3n) is 5.56. The highest BCUT2D eigenvalue weighted by molar-refractivity contribution is 5.88. The van der Waals surface area contributed by atoms with Gasteiger partial charge in [0.25, 0.3) is 0 Å². The van der Waals surface area contributed by atoms with E-state index in [1.165, 1.54) is 0 Å². The number of nitriles is 1. The molecule has 2 atom stereocenters. The molecule has 0 aromatic heterocycles. The minimum absolute atomic E-state index is 0.0328. The van der Waals surface area contributed by atoms with Crippen molar-refractivity contribution in [3.63, 3.8) is 0 Å². The molecule has 0 unspecified atom stereocenters. The molecule has 3 rings (SSSR count). The van der Waals surface area contributed by atoms with Crippen molar-refractivity contribution in [3.8, 4) is 6.07 Å². The average Bonchev–Trinajstić information content (AvgIpc) is 3.34. The summed E-state index contributed by atoms with van der Waals surface area (Å²) >= 11 is 0. The highest BCUT2D eigenvalue weighted by Gasteiger charge is 2.53. The van der Waals surface area contributed by atoms with Crippen molar-refractivity contribution < 1.29 is 9.59 Å². The molecule has 3 fully saturated rings. The number of rotatable bonds is 4. The maximum atomic E-state index is 12.5. The van der Waals surface area contributed by atoms with Gasteiger partial charge in [-0.05, 0) is 38.0 Å². The first-order chi connectivity index (χ1) is 10.6. The van der Waals surface area contributed by atoms with Crippen LogP contribution in [0.3, 0.4) is 0 Å². The van der Waals surface area contributed by atoms with Crippen LogP contribution >= 0.6 is 0 Å². The monoisotopic (exact) mass is 303 g/mol. The number of likely N-dealkylation sites (tertiary alicyclic amines) is 2. The van der Waals surface area contributed by atoms with Crippen molar-refractivity contribution in [2.45, 2.75) is 57.9 Å².